The Morgan fingerprint density at radius 1 is 1.38 bits per heavy atom. The number of esters is 1. The van der Waals surface area contributed by atoms with Gasteiger partial charge in [-0.05, 0) is 31.7 Å². The van der Waals surface area contributed by atoms with Crippen molar-refractivity contribution in [2.75, 3.05) is 26.0 Å². The van der Waals surface area contributed by atoms with E-state index in [2.05, 4.69) is 15.2 Å². The van der Waals surface area contributed by atoms with Crippen molar-refractivity contribution in [2.24, 2.45) is 7.05 Å². The van der Waals surface area contributed by atoms with Crippen LogP contribution in [0.15, 0.2) is 30.5 Å². The van der Waals surface area contributed by atoms with E-state index in [-0.39, 0.29) is 18.4 Å². The average Bonchev–Trinajstić information content (AvgIpc) is 2.86. The number of carbonyl (C=O) groups is 2. The fraction of sp³-hybridized carbons (Fsp3) is 0.353. The molecule has 2 rings (SSSR count). The number of aromatic nitrogens is 2. The standard InChI is InChI=1S/C17H22N4O3/c1-12-9-18-21(3)16(12)19-17(23)14-7-5-6-13(8-14)10-20(2)11-15(22)24-4/h5-9H,10-11H2,1-4H3,(H,19,23). The number of nitrogens with zero attached hydrogens (tertiary/aromatic N) is 3. The molecule has 0 saturated heterocycles. The third-order valence-electron chi connectivity index (χ3n) is 3.62. The summed E-state index contributed by atoms with van der Waals surface area (Å²) in [4.78, 5) is 25.6. The topological polar surface area (TPSA) is 76.5 Å². The van der Waals surface area contributed by atoms with Crippen LogP contribution in [0.25, 0.3) is 0 Å². The number of rotatable bonds is 6. The van der Waals surface area contributed by atoms with Crippen molar-refractivity contribution < 1.29 is 14.3 Å². The molecule has 0 bridgehead atoms. The Kier molecular flexibility index (Phi) is 5.70. The molecular weight excluding hydrogens is 308 g/mol. The lowest BCUT2D eigenvalue weighted by molar-refractivity contribution is -0.141. The van der Waals surface area contributed by atoms with Crippen molar-refractivity contribution in [3.8, 4) is 0 Å². The van der Waals surface area contributed by atoms with Crippen LogP contribution < -0.4 is 5.32 Å². The summed E-state index contributed by atoms with van der Waals surface area (Å²) in [5.41, 5.74) is 2.40. The second kappa shape index (κ2) is 7.74. The Morgan fingerprint density at radius 3 is 2.75 bits per heavy atom. The zero-order valence-electron chi connectivity index (χ0n) is 14.4. The van der Waals surface area contributed by atoms with E-state index in [9.17, 15) is 9.59 Å². The highest BCUT2D eigenvalue weighted by Crippen LogP contribution is 2.15. The molecule has 1 amide bonds. The van der Waals surface area contributed by atoms with Crippen LogP contribution >= 0.6 is 0 Å². The quantitative estimate of drug-likeness (QED) is 0.814. The molecule has 0 aliphatic carbocycles. The molecule has 0 atom stereocenters. The van der Waals surface area contributed by atoms with Gasteiger partial charge in [-0.25, -0.2) is 0 Å². The van der Waals surface area contributed by atoms with Gasteiger partial charge in [-0.3, -0.25) is 19.2 Å². The second-order valence-electron chi connectivity index (χ2n) is 5.70. The van der Waals surface area contributed by atoms with Crippen molar-refractivity contribution in [3.63, 3.8) is 0 Å². The summed E-state index contributed by atoms with van der Waals surface area (Å²) in [6.07, 6.45) is 1.70. The van der Waals surface area contributed by atoms with Crippen LogP contribution in [0.4, 0.5) is 5.82 Å². The predicted molar refractivity (Wildman–Crippen MR) is 90.7 cm³/mol. The lowest BCUT2D eigenvalue weighted by atomic mass is 10.1. The summed E-state index contributed by atoms with van der Waals surface area (Å²) in [6, 6.07) is 7.31. The molecule has 0 aliphatic heterocycles. The third-order valence-corrected chi connectivity index (χ3v) is 3.62. The lowest BCUT2D eigenvalue weighted by Gasteiger charge is -2.15. The third kappa shape index (κ3) is 4.42. The van der Waals surface area contributed by atoms with E-state index in [1.165, 1.54) is 7.11 Å². The first-order chi connectivity index (χ1) is 11.4. The van der Waals surface area contributed by atoms with Crippen LogP contribution in [0.1, 0.15) is 21.5 Å². The number of methoxy groups -OCH3 is 1. The monoisotopic (exact) mass is 330 g/mol. The number of ether oxygens (including phenoxy) is 1. The van der Waals surface area contributed by atoms with Crippen molar-refractivity contribution in [3.05, 3.63) is 47.2 Å². The van der Waals surface area contributed by atoms with Crippen LogP contribution in [-0.2, 0) is 23.1 Å². The zero-order chi connectivity index (χ0) is 17.7. The van der Waals surface area contributed by atoms with Gasteiger partial charge in [-0.1, -0.05) is 12.1 Å². The Bertz CT molecular complexity index is 720. The molecule has 0 radical (unpaired) electrons. The molecule has 0 saturated carbocycles. The van der Waals surface area contributed by atoms with E-state index in [1.54, 1.807) is 24.0 Å². The first-order valence-corrected chi connectivity index (χ1v) is 7.55. The van der Waals surface area contributed by atoms with Gasteiger partial charge in [0.25, 0.3) is 5.91 Å². The smallest absolute Gasteiger partial charge is 0.319 e. The van der Waals surface area contributed by atoms with Crippen molar-refractivity contribution in [1.29, 1.82) is 0 Å². The largest absolute Gasteiger partial charge is 0.468 e. The van der Waals surface area contributed by atoms with Crippen molar-refractivity contribution >= 4 is 17.7 Å². The Labute approximate surface area is 141 Å². The zero-order valence-corrected chi connectivity index (χ0v) is 14.4. The van der Waals surface area contributed by atoms with Crippen LogP contribution in [0.2, 0.25) is 0 Å². The second-order valence-corrected chi connectivity index (χ2v) is 5.70. The van der Waals surface area contributed by atoms with E-state index < -0.39 is 0 Å². The molecule has 1 aromatic carbocycles. The van der Waals surface area contributed by atoms with E-state index in [1.807, 2.05) is 37.1 Å². The molecule has 24 heavy (non-hydrogen) atoms. The number of amides is 1. The van der Waals surface area contributed by atoms with Crippen LogP contribution in [0.3, 0.4) is 0 Å². The Morgan fingerprint density at radius 2 is 2.12 bits per heavy atom. The van der Waals surface area contributed by atoms with Gasteiger partial charge in [-0.2, -0.15) is 5.10 Å². The van der Waals surface area contributed by atoms with E-state index in [4.69, 9.17) is 0 Å². The molecule has 1 heterocycles. The highest BCUT2D eigenvalue weighted by molar-refractivity contribution is 6.04. The highest BCUT2D eigenvalue weighted by Gasteiger charge is 2.12. The summed E-state index contributed by atoms with van der Waals surface area (Å²) >= 11 is 0. The van der Waals surface area contributed by atoms with Crippen molar-refractivity contribution in [2.45, 2.75) is 13.5 Å². The van der Waals surface area contributed by atoms with Crippen LogP contribution in [0.5, 0.6) is 0 Å². The van der Waals surface area contributed by atoms with E-state index >= 15 is 0 Å². The normalized spacial score (nSPS) is 10.7. The highest BCUT2D eigenvalue weighted by atomic mass is 16.5. The minimum Gasteiger partial charge on any atom is -0.468 e. The molecule has 1 N–H and O–H groups in total. The van der Waals surface area contributed by atoms with Gasteiger partial charge in [0.2, 0.25) is 0 Å². The number of anilines is 1. The van der Waals surface area contributed by atoms with Gasteiger partial charge in [0, 0.05) is 24.7 Å². The maximum absolute atomic E-state index is 12.4. The number of likely N-dealkylation sites (N-methyl/N-ethyl adjacent to an activating group) is 1. The van der Waals surface area contributed by atoms with Gasteiger partial charge in [0.1, 0.15) is 5.82 Å². The van der Waals surface area contributed by atoms with E-state index in [0.717, 1.165) is 11.1 Å². The summed E-state index contributed by atoms with van der Waals surface area (Å²) in [5, 5.41) is 6.98. The summed E-state index contributed by atoms with van der Waals surface area (Å²) in [7, 11) is 4.96. The molecule has 128 valence electrons. The number of hydrogen-bond acceptors (Lipinski definition) is 5. The number of nitrogens with one attached hydrogen (secondary N) is 1. The molecule has 7 heteroatoms. The van der Waals surface area contributed by atoms with Crippen LogP contribution in [-0.4, -0.2) is 47.3 Å². The Balaban J connectivity index is 2.06. The number of aryl methyl sites for hydroxylation is 2. The SMILES string of the molecule is COC(=O)CN(C)Cc1cccc(C(=O)Nc2c(C)cnn2C)c1. The lowest BCUT2D eigenvalue weighted by Crippen LogP contribution is -2.26. The molecule has 0 fully saturated rings. The molecule has 0 unspecified atom stereocenters. The summed E-state index contributed by atoms with van der Waals surface area (Å²) < 4.78 is 6.27. The predicted octanol–water partition coefficient (Wildman–Crippen LogP) is 1.59. The summed E-state index contributed by atoms with van der Waals surface area (Å²) in [6.45, 7) is 2.63. The maximum atomic E-state index is 12.4. The molecular formula is C17H22N4O3. The molecule has 0 spiro atoms. The van der Waals surface area contributed by atoms with Gasteiger partial charge in [0.05, 0.1) is 19.9 Å². The van der Waals surface area contributed by atoms with E-state index in [0.29, 0.717) is 17.9 Å². The van der Waals surface area contributed by atoms with Gasteiger partial charge < -0.3 is 10.1 Å². The van der Waals surface area contributed by atoms with Gasteiger partial charge in [-0.15, -0.1) is 0 Å². The minimum atomic E-state index is -0.293. The Hall–Kier alpha value is -2.67. The number of benzene rings is 1. The first kappa shape index (κ1) is 17.7. The van der Waals surface area contributed by atoms with Crippen LogP contribution in [0, 0.1) is 6.92 Å². The van der Waals surface area contributed by atoms with Gasteiger partial charge in [0.15, 0.2) is 0 Å². The molecule has 0 aliphatic rings. The fourth-order valence-electron chi connectivity index (χ4n) is 2.37. The number of hydrogen-bond donors (Lipinski definition) is 1. The minimum absolute atomic E-state index is 0.195. The van der Waals surface area contributed by atoms with Crippen molar-refractivity contribution in [1.82, 2.24) is 14.7 Å². The molecule has 1 aromatic heterocycles. The molecule has 2 aromatic rings. The average molecular weight is 330 g/mol. The first-order valence-electron chi connectivity index (χ1n) is 7.55. The molecule has 7 nitrogen and oxygen atoms in total. The van der Waals surface area contributed by atoms with Gasteiger partial charge >= 0.3 is 5.97 Å². The number of carbonyl (C=O) groups excluding carboxylic acids is 2. The maximum Gasteiger partial charge on any atom is 0.319 e. The summed E-state index contributed by atoms with van der Waals surface area (Å²) in [5.74, 6) is 0.186. The fourth-order valence-corrected chi connectivity index (χ4v) is 2.37.